The molecule has 0 radical (unpaired) electrons. The summed E-state index contributed by atoms with van der Waals surface area (Å²) >= 11 is 9.25. The largest absolute Gasteiger partial charge is 0.310 e. The average Bonchev–Trinajstić information content (AvgIpc) is 2.47. The summed E-state index contributed by atoms with van der Waals surface area (Å²) in [6.45, 7) is 2.65. The normalized spacial score (nSPS) is 12.4. The predicted octanol–water partition coefficient (Wildman–Crippen LogP) is 4.67. The second-order valence-corrected chi connectivity index (χ2v) is 5.75. The van der Waals surface area contributed by atoms with E-state index in [9.17, 15) is 8.78 Å². The number of likely N-dealkylation sites (N-methyl/N-ethyl adjacent to an activating group) is 1. The Bertz CT molecular complexity index is 637. The van der Waals surface area contributed by atoms with Crippen molar-refractivity contribution in [1.29, 1.82) is 0 Å². The lowest BCUT2D eigenvalue weighted by atomic mass is 9.99. The molecule has 0 saturated carbocycles. The van der Waals surface area contributed by atoms with Crippen LogP contribution in [0.2, 0.25) is 5.02 Å². The maximum atomic E-state index is 13.7. The summed E-state index contributed by atoms with van der Waals surface area (Å²) in [6.07, 6.45) is 3.78. The molecule has 1 unspecified atom stereocenters. The van der Waals surface area contributed by atoms with Crippen LogP contribution in [0.15, 0.2) is 35.1 Å². The van der Waals surface area contributed by atoms with E-state index in [0.29, 0.717) is 23.6 Å². The number of benzene rings is 1. The van der Waals surface area contributed by atoms with Gasteiger partial charge in [-0.25, -0.2) is 8.78 Å². The highest BCUT2D eigenvalue weighted by Crippen LogP contribution is 2.31. The summed E-state index contributed by atoms with van der Waals surface area (Å²) < 4.78 is 27.1. The minimum atomic E-state index is -0.878. The van der Waals surface area contributed by atoms with Crippen molar-refractivity contribution >= 4 is 27.5 Å². The van der Waals surface area contributed by atoms with Crippen molar-refractivity contribution in [2.24, 2.45) is 0 Å². The maximum absolute atomic E-state index is 13.7. The standard InChI is InChI=1S/C15H14BrClF2N2/c1-2-21-13(7-9-5-6-20-8-11(9)17)10-3-4-12(18)15(19)14(10)16/h3-6,8,13,21H,2,7H2,1H3. The molecule has 0 saturated heterocycles. The SMILES string of the molecule is CCNC(Cc1ccncc1Cl)c1ccc(F)c(F)c1Br. The van der Waals surface area contributed by atoms with Gasteiger partial charge in [0.25, 0.3) is 0 Å². The molecule has 1 aromatic heterocycles. The minimum absolute atomic E-state index is 0.138. The van der Waals surface area contributed by atoms with E-state index in [0.717, 1.165) is 11.6 Å². The van der Waals surface area contributed by atoms with Crippen LogP contribution in [-0.2, 0) is 6.42 Å². The molecule has 1 atom stereocenters. The number of aromatic nitrogens is 1. The average molecular weight is 376 g/mol. The molecule has 0 amide bonds. The van der Waals surface area contributed by atoms with Gasteiger partial charge >= 0.3 is 0 Å². The highest BCUT2D eigenvalue weighted by atomic mass is 79.9. The Labute approximate surface area is 135 Å². The van der Waals surface area contributed by atoms with Crippen LogP contribution in [-0.4, -0.2) is 11.5 Å². The van der Waals surface area contributed by atoms with Gasteiger partial charge in [0.05, 0.1) is 9.50 Å². The number of pyridine rings is 1. The van der Waals surface area contributed by atoms with Gasteiger partial charge in [0.1, 0.15) is 0 Å². The van der Waals surface area contributed by atoms with Crippen molar-refractivity contribution in [3.05, 3.63) is 62.8 Å². The van der Waals surface area contributed by atoms with E-state index in [-0.39, 0.29) is 10.5 Å². The van der Waals surface area contributed by atoms with E-state index in [1.54, 1.807) is 18.5 Å². The Morgan fingerprint density at radius 3 is 2.76 bits per heavy atom. The Morgan fingerprint density at radius 2 is 2.10 bits per heavy atom. The molecule has 1 N–H and O–H groups in total. The first-order chi connectivity index (χ1) is 10.0. The topological polar surface area (TPSA) is 24.9 Å². The van der Waals surface area contributed by atoms with Crippen molar-refractivity contribution in [2.75, 3.05) is 6.54 Å². The van der Waals surface area contributed by atoms with Crippen molar-refractivity contribution in [3.8, 4) is 0 Å². The van der Waals surface area contributed by atoms with Crippen LogP contribution in [0.5, 0.6) is 0 Å². The molecule has 0 spiro atoms. The highest BCUT2D eigenvalue weighted by Gasteiger charge is 2.19. The molecule has 1 aromatic carbocycles. The van der Waals surface area contributed by atoms with Gasteiger partial charge in [0.2, 0.25) is 0 Å². The summed E-state index contributed by atoms with van der Waals surface area (Å²) in [4.78, 5) is 3.94. The lowest BCUT2D eigenvalue weighted by molar-refractivity contribution is 0.491. The number of hydrogen-bond donors (Lipinski definition) is 1. The quantitative estimate of drug-likeness (QED) is 0.768. The number of hydrogen-bond acceptors (Lipinski definition) is 2. The first-order valence-corrected chi connectivity index (χ1v) is 7.66. The number of nitrogens with one attached hydrogen (secondary N) is 1. The first-order valence-electron chi connectivity index (χ1n) is 6.49. The molecule has 112 valence electrons. The van der Waals surface area contributed by atoms with Crippen molar-refractivity contribution in [2.45, 2.75) is 19.4 Å². The van der Waals surface area contributed by atoms with Crippen LogP contribution < -0.4 is 5.32 Å². The first kappa shape index (κ1) is 16.3. The summed E-state index contributed by atoms with van der Waals surface area (Å²) in [7, 11) is 0. The summed E-state index contributed by atoms with van der Waals surface area (Å²) in [5.74, 6) is -1.75. The van der Waals surface area contributed by atoms with Crippen LogP contribution >= 0.6 is 27.5 Å². The van der Waals surface area contributed by atoms with Gasteiger partial charge in [-0.05, 0) is 52.2 Å². The fourth-order valence-electron chi connectivity index (χ4n) is 2.14. The second-order valence-electron chi connectivity index (χ2n) is 4.55. The highest BCUT2D eigenvalue weighted by molar-refractivity contribution is 9.10. The van der Waals surface area contributed by atoms with E-state index in [4.69, 9.17) is 11.6 Å². The van der Waals surface area contributed by atoms with Gasteiger partial charge in [-0.2, -0.15) is 0 Å². The summed E-state index contributed by atoms with van der Waals surface area (Å²) in [5, 5.41) is 3.82. The monoisotopic (exact) mass is 374 g/mol. The molecule has 2 rings (SSSR count). The zero-order valence-electron chi connectivity index (χ0n) is 11.3. The molecule has 6 heteroatoms. The Balaban J connectivity index is 2.36. The molecule has 1 heterocycles. The van der Waals surface area contributed by atoms with Crippen molar-refractivity contribution in [1.82, 2.24) is 10.3 Å². The van der Waals surface area contributed by atoms with Gasteiger partial charge in [-0.1, -0.05) is 24.6 Å². The Hall–Kier alpha value is -1.04. The zero-order valence-corrected chi connectivity index (χ0v) is 13.7. The maximum Gasteiger partial charge on any atom is 0.173 e. The molecule has 2 aromatic rings. The van der Waals surface area contributed by atoms with Crippen LogP contribution in [0.3, 0.4) is 0 Å². The summed E-state index contributed by atoms with van der Waals surface area (Å²) in [6, 6.07) is 4.35. The second kappa shape index (κ2) is 7.29. The fourth-order valence-corrected chi connectivity index (χ4v) is 2.93. The molecule has 0 aliphatic rings. The lowest BCUT2D eigenvalue weighted by Gasteiger charge is -2.20. The van der Waals surface area contributed by atoms with E-state index in [1.807, 2.05) is 13.0 Å². The number of rotatable bonds is 5. The molecule has 0 aliphatic carbocycles. The molecule has 2 nitrogen and oxygen atoms in total. The predicted molar refractivity (Wildman–Crippen MR) is 83.4 cm³/mol. The third-order valence-electron chi connectivity index (χ3n) is 3.17. The van der Waals surface area contributed by atoms with Crippen molar-refractivity contribution in [3.63, 3.8) is 0 Å². The molecule has 0 fully saturated rings. The zero-order chi connectivity index (χ0) is 15.4. The minimum Gasteiger partial charge on any atom is -0.310 e. The van der Waals surface area contributed by atoms with Gasteiger partial charge in [0, 0.05) is 18.4 Å². The van der Waals surface area contributed by atoms with E-state index >= 15 is 0 Å². The van der Waals surface area contributed by atoms with Gasteiger partial charge < -0.3 is 5.32 Å². The van der Waals surface area contributed by atoms with Crippen LogP contribution in [0.1, 0.15) is 24.1 Å². The third-order valence-corrected chi connectivity index (χ3v) is 4.32. The summed E-state index contributed by atoms with van der Waals surface area (Å²) in [5.41, 5.74) is 1.55. The van der Waals surface area contributed by atoms with Crippen LogP contribution in [0.25, 0.3) is 0 Å². The van der Waals surface area contributed by atoms with E-state index < -0.39 is 11.6 Å². The van der Waals surface area contributed by atoms with Gasteiger partial charge in [-0.15, -0.1) is 0 Å². The molecule has 0 aliphatic heterocycles. The molecular formula is C15H14BrClF2N2. The number of halogens is 4. The van der Waals surface area contributed by atoms with E-state index in [2.05, 4.69) is 26.2 Å². The van der Waals surface area contributed by atoms with Crippen molar-refractivity contribution < 1.29 is 8.78 Å². The lowest BCUT2D eigenvalue weighted by Crippen LogP contribution is -2.24. The third kappa shape index (κ3) is 3.78. The molecule has 21 heavy (non-hydrogen) atoms. The smallest absolute Gasteiger partial charge is 0.173 e. The molecular weight excluding hydrogens is 362 g/mol. The fraction of sp³-hybridized carbons (Fsp3) is 0.267. The number of nitrogens with zero attached hydrogens (tertiary/aromatic N) is 1. The van der Waals surface area contributed by atoms with Gasteiger partial charge in [-0.3, -0.25) is 4.98 Å². The van der Waals surface area contributed by atoms with Crippen LogP contribution in [0.4, 0.5) is 8.78 Å². The Morgan fingerprint density at radius 1 is 1.33 bits per heavy atom. The van der Waals surface area contributed by atoms with E-state index in [1.165, 1.54) is 0 Å². The Kier molecular flexibility index (Phi) is 5.67. The van der Waals surface area contributed by atoms with Gasteiger partial charge in [0.15, 0.2) is 11.6 Å². The molecule has 0 bridgehead atoms. The van der Waals surface area contributed by atoms with Crippen LogP contribution in [0, 0.1) is 11.6 Å².